The minimum atomic E-state index is -3.82. The zero-order chi connectivity index (χ0) is 28.8. The van der Waals surface area contributed by atoms with Gasteiger partial charge in [-0.25, -0.2) is 13.4 Å². The highest BCUT2D eigenvalue weighted by Crippen LogP contribution is 2.45. The summed E-state index contributed by atoms with van der Waals surface area (Å²) >= 11 is 0. The largest absolute Gasteiger partial charge is 0.497 e. The first-order chi connectivity index (χ1) is 19.0. The Morgan fingerprint density at radius 3 is 2.65 bits per heavy atom. The molecule has 0 bridgehead atoms. The van der Waals surface area contributed by atoms with E-state index >= 15 is 0 Å². The lowest BCUT2D eigenvalue weighted by Gasteiger charge is -2.27. The molecule has 1 saturated heterocycles. The Bertz CT molecular complexity index is 1470. The van der Waals surface area contributed by atoms with Crippen LogP contribution in [0.25, 0.3) is 10.8 Å². The van der Waals surface area contributed by atoms with Crippen molar-refractivity contribution >= 4 is 38.5 Å². The Morgan fingerprint density at radius 2 is 2.02 bits per heavy atom. The van der Waals surface area contributed by atoms with E-state index in [9.17, 15) is 22.8 Å². The molecule has 4 N–H and O–H groups in total. The molecular weight excluding hydrogens is 538 g/mol. The molecule has 0 spiro atoms. The van der Waals surface area contributed by atoms with Crippen molar-refractivity contribution in [2.75, 3.05) is 13.7 Å². The number of nitrogens with two attached hydrogens (primary N) is 1. The highest BCUT2D eigenvalue weighted by Gasteiger charge is 2.62. The molecule has 40 heavy (non-hydrogen) atoms. The molecule has 3 fully saturated rings. The van der Waals surface area contributed by atoms with Crippen molar-refractivity contribution in [3.63, 3.8) is 0 Å². The summed E-state index contributed by atoms with van der Waals surface area (Å²) in [5, 5.41) is 3.72. The number of amides is 3. The topological polar surface area (TPSA) is 170 Å². The lowest BCUT2D eigenvalue weighted by atomic mass is 10.1. The molecule has 3 amide bonds. The number of carbonyl (C=O) groups is 3. The van der Waals surface area contributed by atoms with Crippen LogP contribution in [0.5, 0.6) is 11.6 Å². The number of rotatable bonds is 10. The van der Waals surface area contributed by atoms with Crippen LogP contribution in [-0.2, 0) is 24.4 Å². The monoisotopic (exact) mass is 571 g/mol. The first-order valence-corrected chi connectivity index (χ1v) is 14.7. The van der Waals surface area contributed by atoms with Crippen molar-refractivity contribution in [3.8, 4) is 11.6 Å². The normalized spacial score (nSPS) is 26.6. The summed E-state index contributed by atoms with van der Waals surface area (Å²) in [5.41, 5.74) is 4.42. The Morgan fingerprint density at radius 1 is 1.27 bits per heavy atom. The van der Waals surface area contributed by atoms with Gasteiger partial charge in [0.05, 0.1) is 24.9 Å². The van der Waals surface area contributed by atoms with E-state index in [2.05, 4.69) is 21.6 Å². The van der Waals surface area contributed by atoms with Crippen molar-refractivity contribution in [1.29, 1.82) is 0 Å². The number of pyridine rings is 1. The summed E-state index contributed by atoms with van der Waals surface area (Å²) < 4.78 is 38.4. The molecule has 1 aromatic carbocycles. The number of nitrogens with one attached hydrogen (secondary N) is 2. The van der Waals surface area contributed by atoms with Crippen LogP contribution >= 0.6 is 0 Å². The molecule has 2 aromatic rings. The van der Waals surface area contributed by atoms with Crippen LogP contribution in [0.4, 0.5) is 0 Å². The number of hydrogen-bond acceptors (Lipinski definition) is 9. The van der Waals surface area contributed by atoms with E-state index in [1.807, 2.05) is 18.2 Å². The molecule has 1 aromatic heterocycles. The summed E-state index contributed by atoms with van der Waals surface area (Å²) in [6.45, 7) is 5.31. The quantitative estimate of drug-likeness (QED) is 0.346. The number of nitrogens with zero attached hydrogens (tertiary/aromatic N) is 2. The minimum Gasteiger partial charge on any atom is -0.497 e. The van der Waals surface area contributed by atoms with Gasteiger partial charge in [0, 0.05) is 23.9 Å². The molecule has 2 aliphatic carbocycles. The van der Waals surface area contributed by atoms with Crippen LogP contribution in [0.1, 0.15) is 32.6 Å². The third kappa shape index (κ3) is 5.22. The fourth-order valence-corrected chi connectivity index (χ4v) is 6.53. The van der Waals surface area contributed by atoms with Gasteiger partial charge < -0.3 is 25.4 Å². The average Bonchev–Trinajstić information content (AvgIpc) is 3.85. The van der Waals surface area contributed by atoms with Gasteiger partial charge in [0.25, 0.3) is 5.91 Å². The summed E-state index contributed by atoms with van der Waals surface area (Å²) in [6.07, 6.45) is 3.82. The van der Waals surface area contributed by atoms with E-state index in [-0.39, 0.29) is 19.4 Å². The van der Waals surface area contributed by atoms with Gasteiger partial charge in [-0.3, -0.25) is 19.1 Å². The smallest absolute Gasteiger partial charge is 0.259 e. The van der Waals surface area contributed by atoms with Crippen molar-refractivity contribution in [1.82, 2.24) is 19.9 Å². The fourth-order valence-electron chi connectivity index (χ4n) is 5.16. The molecule has 3 aliphatic rings. The third-order valence-electron chi connectivity index (χ3n) is 7.70. The maximum Gasteiger partial charge on any atom is 0.259 e. The number of ether oxygens (including phenoxy) is 2. The SMILES string of the molecule is C=C[C@@H]1C[C@]1(NC(=O)[C@@H]1C[C@@H](Oc2nccc3cc(OC)ccc23)CN1C(=O)[C@H](C)N)C(=O)NS(=O)(=O)C1CC1. The number of fused-ring (bicyclic) bond motifs is 1. The Hall–Kier alpha value is -3.71. The van der Waals surface area contributed by atoms with Crippen molar-refractivity contribution in [2.24, 2.45) is 11.7 Å². The van der Waals surface area contributed by atoms with E-state index < -0.39 is 62.6 Å². The van der Waals surface area contributed by atoms with Crippen LogP contribution in [0, 0.1) is 5.92 Å². The molecular formula is C27H33N5O7S. The summed E-state index contributed by atoms with van der Waals surface area (Å²) in [7, 11) is -2.24. The van der Waals surface area contributed by atoms with Crippen LogP contribution in [0.15, 0.2) is 43.1 Å². The number of methoxy groups -OCH3 is 1. The second-order valence-electron chi connectivity index (χ2n) is 10.7. The van der Waals surface area contributed by atoms with Crippen LogP contribution in [-0.4, -0.2) is 78.7 Å². The maximum absolute atomic E-state index is 13.6. The highest BCUT2D eigenvalue weighted by molar-refractivity contribution is 7.91. The zero-order valence-corrected chi connectivity index (χ0v) is 23.1. The first-order valence-electron chi connectivity index (χ1n) is 13.1. The van der Waals surface area contributed by atoms with Gasteiger partial charge in [0.1, 0.15) is 23.4 Å². The molecule has 1 aliphatic heterocycles. The summed E-state index contributed by atoms with van der Waals surface area (Å²) in [4.78, 5) is 45.4. The second-order valence-corrected chi connectivity index (χ2v) is 12.6. The molecule has 0 unspecified atom stereocenters. The van der Waals surface area contributed by atoms with Crippen molar-refractivity contribution in [3.05, 3.63) is 43.1 Å². The molecule has 0 radical (unpaired) electrons. The first kappa shape index (κ1) is 27.8. The molecule has 2 saturated carbocycles. The maximum atomic E-state index is 13.6. The number of likely N-dealkylation sites (tertiary alicyclic amines) is 1. The lowest BCUT2D eigenvalue weighted by Crippen LogP contribution is -2.57. The van der Waals surface area contributed by atoms with E-state index in [1.165, 1.54) is 17.9 Å². The Balaban J connectivity index is 1.36. The van der Waals surface area contributed by atoms with Crippen LogP contribution in [0.3, 0.4) is 0 Å². The molecule has 13 heteroatoms. The predicted octanol–water partition coefficient (Wildman–Crippen LogP) is 0.608. The molecule has 214 valence electrons. The highest BCUT2D eigenvalue weighted by atomic mass is 32.2. The van der Waals surface area contributed by atoms with Crippen LogP contribution in [0.2, 0.25) is 0 Å². The molecule has 12 nitrogen and oxygen atoms in total. The van der Waals surface area contributed by atoms with Crippen molar-refractivity contribution in [2.45, 2.75) is 61.6 Å². The zero-order valence-electron chi connectivity index (χ0n) is 22.3. The van der Waals surface area contributed by atoms with E-state index in [4.69, 9.17) is 15.2 Å². The van der Waals surface area contributed by atoms with Gasteiger partial charge in [-0.05, 0) is 55.8 Å². The van der Waals surface area contributed by atoms with Crippen molar-refractivity contribution < 1.29 is 32.3 Å². The van der Waals surface area contributed by atoms with Gasteiger partial charge in [-0.1, -0.05) is 6.08 Å². The summed E-state index contributed by atoms with van der Waals surface area (Å²) in [6, 6.07) is 5.41. The average molecular weight is 572 g/mol. The predicted molar refractivity (Wildman–Crippen MR) is 146 cm³/mol. The molecule has 2 heterocycles. The second kappa shape index (κ2) is 10.4. The minimum absolute atomic E-state index is 0.0762. The van der Waals surface area contributed by atoms with E-state index in [0.717, 1.165) is 10.8 Å². The number of sulfonamides is 1. The number of aromatic nitrogens is 1. The molecule has 5 atom stereocenters. The van der Waals surface area contributed by atoms with Gasteiger partial charge in [-0.2, -0.15) is 0 Å². The molecule has 5 rings (SSSR count). The standard InChI is InChI=1S/C27H33N5O7S/c1-4-17-13-27(17,26(35)31-40(36,37)20-6-7-20)30-23(33)22-12-19(14-32(22)25(34)15(2)28)39-24-21-8-5-18(38-3)11-16(21)9-10-29-24/h4-5,8-11,15,17,19-20,22H,1,6-7,12-14,28H2,2-3H3,(H,30,33)(H,31,35)/t15-,17+,19+,22-,27+/m0/s1. The van der Waals surface area contributed by atoms with Crippen LogP contribution < -0.4 is 25.2 Å². The third-order valence-corrected chi connectivity index (χ3v) is 9.52. The van der Waals surface area contributed by atoms with Gasteiger partial charge >= 0.3 is 0 Å². The summed E-state index contributed by atoms with van der Waals surface area (Å²) in [5.74, 6) is -1.28. The van der Waals surface area contributed by atoms with E-state index in [0.29, 0.717) is 24.5 Å². The lowest BCUT2D eigenvalue weighted by molar-refractivity contribution is -0.140. The Labute approximate surface area is 232 Å². The van der Waals surface area contributed by atoms with Gasteiger partial charge in [0.15, 0.2) is 0 Å². The number of hydrogen-bond donors (Lipinski definition) is 3. The number of carbonyl (C=O) groups excluding carboxylic acids is 3. The van der Waals surface area contributed by atoms with Gasteiger partial charge in [-0.15, -0.1) is 6.58 Å². The van der Waals surface area contributed by atoms with Gasteiger partial charge in [0.2, 0.25) is 27.7 Å². The van der Waals surface area contributed by atoms with E-state index in [1.54, 1.807) is 19.4 Å². The number of benzene rings is 1. The Kier molecular flexibility index (Phi) is 7.21. The fraction of sp³-hybridized carbons (Fsp3) is 0.481.